The fourth-order valence-electron chi connectivity index (χ4n) is 3.22. The van der Waals surface area contributed by atoms with Crippen LogP contribution in [0.2, 0.25) is 5.02 Å². The second-order valence-electron chi connectivity index (χ2n) is 7.43. The molecule has 4 aromatic rings. The minimum absolute atomic E-state index is 0.195. The largest absolute Gasteiger partial charge is 0.484 e. The molecule has 0 radical (unpaired) electrons. The minimum atomic E-state index is -0.614. The Kier molecular flexibility index (Phi) is 6.65. The molecule has 0 atom stereocenters. The highest BCUT2D eigenvalue weighted by Crippen LogP contribution is 2.21. The zero-order chi connectivity index (χ0) is 24.2. The summed E-state index contributed by atoms with van der Waals surface area (Å²) in [6.07, 6.45) is 0. The van der Waals surface area contributed by atoms with Crippen molar-refractivity contribution in [2.45, 2.75) is 20.5 Å². The van der Waals surface area contributed by atoms with E-state index in [9.17, 15) is 14.4 Å². The first kappa shape index (κ1) is 23.1. The third kappa shape index (κ3) is 5.26. The maximum atomic E-state index is 12.7. The highest BCUT2D eigenvalue weighted by atomic mass is 35.5. The number of hydrogen-bond donors (Lipinski definition) is 1. The number of aryl methyl sites for hydroxylation is 1. The molecule has 0 saturated heterocycles. The third-order valence-electron chi connectivity index (χ3n) is 4.89. The Balaban J connectivity index is 1.39. The van der Waals surface area contributed by atoms with Gasteiger partial charge >= 0.3 is 5.97 Å². The van der Waals surface area contributed by atoms with Gasteiger partial charge in [0, 0.05) is 22.8 Å². The average molecular weight is 482 g/mol. The lowest BCUT2D eigenvalue weighted by Gasteiger charge is -2.13. The molecule has 0 fully saturated rings. The number of carbonyl (C=O) groups is 2. The number of nitrogens with zero attached hydrogens (tertiary/aromatic N) is 2. The molecule has 0 spiro atoms. The second-order valence-corrected chi connectivity index (χ2v) is 7.87. The lowest BCUT2D eigenvalue weighted by atomic mass is 10.1. The molecular weight excluding hydrogens is 462 g/mol. The summed E-state index contributed by atoms with van der Waals surface area (Å²) in [7, 11) is 0. The van der Waals surface area contributed by atoms with Crippen molar-refractivity contribution in [2.75, 3.05) is 11.9 Å². The molecule has 2 heterocycles. The number of anilines is 1. The molecule has 174 valence electrons. The van der Waals surface area contributed by atoms with Crippen LogP contribution in [0.1, 0.15) is 27.4 Å². The minimum Gasteiger partial charge on any atom is -0.484 e. The molecule has 1 amide bonds. The van der Waals surface area contributed by atoms with Crippen LogP contribution in [-0.4, -0.2) is 28.0 Å². The highest BCUT2D eigenvalue weighted by molar-refractivity contribution is 6.30. The first-order valence-corrected chi connectivity index (χ1v) is 10.6. The number of carbonyl (C=O) groups excluding carboxylic acids is 2. The van der Waals surface area contributed by atoms with Crippen molar-refractivity contribution in [3.8, 4) is 5.75 Å². The Bertz CT molecular complexity index is 1430. The number of ether oxygens (including phenoxy) is 2. The lowest BCUT2D eigenvalue weighted by molar-refractivity contribution is -0.118. The van der Waals surface area contributed by atoms with Crippen LogP contribution < -0.4 is 15.6 Å². The first-order valence-electron chi connectivity index (χ1n) is 10.2. The Morgan fingerprint density at radius 1 is 1.12 bits per heavy atom. The van der Waals surface area contributed by atoms with Crippen molar-refractivity contribution in [3.05, 3.63) is 92.6 Å². The number of amides is 1. The number of esters is 1. The Morgan fingerprint density at radius 2 is 1.88 bits per heavy atom. The van der Waals surface area contributed by atoms with E-state index in [2.05, 4.69) is 10.3 Å². The molecule has 1 N–H and O–H groups in total. The summed E-state index contributed by atoms with van der Waals surface area (Å²) in [5.74, 6) is 0.0331. The van der Waals surface area contributed by atoms with Crippen LogP contribution in [0.15, 0.2) is 63.9 Å². The Labute approximate surface area is 198 Å². The van der Waals surface area contributed by atoms with Gasteiger partial charge in [0.15, 0.2) is 12.3 Å². The number of aromatic nitrogens is 2. The Hall–Kier alpha value is -4.11. The van der Waals surface area contributed by atoms with E-state index in [1.165, 1.54) is 6.07 Å². The van der Waals surface area contributed by atoms with Gasteiger partial charge in [-0.15, -0.1) is 4.57 Å². The van der Waals surface area contributed by atoms with Gasteiger partial charge in [0.05, 0.1) is 11.3 Å². The molecule has 0 aliphatic carbocycles. The summed E-state index contributed by atoms with van der Waals surface area (Å²) in [5, 5.41) is 3.29. The van der Waals surface area contributed by atoms with Crippen molar-refractivity contribution in [3.63, 3.8) is 0 Å². The summed E-state index contributed by atoms with van der Waals surface area (Å²) in [6.45, 7) is 2.98. The maximum Gasteiger partial charge on any atom is 0.338 e. The number of benzene rings is 2. The van der Waals surface area contributed by atoms with Gasteiger partial charge in [-0.05, 0) is 55.8 Å². The number of fused-ring (bicyclic) bond motifs is 1. The smallest absolute Gasteiger partial charge is 0.338 e. The van der Waals surface area contributed by atoms with E-state index < -0.39 is 17.4 Å². The van der Waals surface area contributed by atoms with E-state index in [-0.39, 0.29) is 18.8 Å². The molecule has 2 aromatic heterocycles. The second kappa shape index (κ2) is 9.80. The van der Waals surface area contributed by atoms with E-state index in [1.54, 1.807) is 62.4 Å². The van der Waals surface area contributed by atoms with Crippen molar-refractivity contribution in [2.24, 2.45) is 0 Å². The molecule has 2 aromatic carbocycles. The lowest BCUT2D eigenvalue weighted by Crippen LogP contribution is -2.21. The van der Waals surface area contributed by atoms with Gasteiger partial charge in [0.25, 0.3) is 11.5 Å². The highest BCUT2D eigenvalue weighted by Gasteiger charge is 2.16. The average Bonchev–Trinajstić information content (AvgIpc) is 3.19. The number of rotatable bonds is 7. The summed E-state index contributed by atoms with van der Waals surface area (Å²) in [5.41, 5.74) is 1.46. The van der Waals surface area contributed by atoms with Crippen LogP contribution in [0.25, 0.3) is 5.65 Å². The SMILES string of the molecule is Cc1cc2nc(COC(=O)c3cccc(NC(=O)COc4ccc(Cl)cc4)c3C)cc(=O)n2o1. The fourth-order valence-corrected chi connectivity index (χ4v) is 3.35. The topological polar surface area (TPSA) is 112 Å². The van der Waals surface area contributed by atoms with Gasteiger partial charge < -0.3 is 19.3 Å². The molecule has 0 unspecified atom stereocenters. The van der Waals surface area contributed by atoms with Crippen molar-refractivity contribution < 1.29 is 23.6 Å². The Morgan fingerprint density at radius 3 is 2.65 bits per heavy atom. The molecular formula is C24H20ClN3O6. The van der Waals surface area contributed by atoms with Gasteiger partial charge in [0.2, 0.25) is 0 Å². The summed E-state index contributed by atoms with van der Waals surface area (Å²) >= 11 is 5.83. The molecule has 0 aliphatic heterocycles. The molecule has 10 heteroatoms. The predicted octanol–water partition coefficient (Wildman–Crippen LogP) is 3.93. The van der Waals surface area contributed by atoms with Gasteiger partial charge in [-0.25, -0.2) is 9.78 Å². The van der Waals surface area contributed by atoms with Crippen LogP contribution in [0.3, 0.4) is 0 Å². The summed E-state index contributed by atoms with van der Waals surface area (Å²) in [4.78, 5) is 41.4. The van der Waals surface area contributed by atoms with Crippen molar-refractivity contribution in [1.29, 1.82) is 0 Å². The van der Waals surface area contributed by atoms with Gasteiger partial charge in [-0.1, -0.05) is 17.7 Å². The van der Waals surface area contributed by atoms with Crippen LogP contribution in [0.5, 0.6) is 5.75 Å². The monoisotopic (exact) mass is 481 g/mol. The van der Waals surface area contributed by atoms with Gasteiger partial charge in [0.1, 0.15) is 18.1 Å². The van der Waals surface area contributed by atoms with Crippen LogP contribution >= 0.6 is 11.6 Å². The van der Waals surface area contributed by atoms with Crippen LogP contribution in [0.4, 0.5) is 5.69 Å². The van der Waals surface area contributed by atoms with E-state index >= 15 is 0 Å². The van der Waals surface area contributed by atoms with Crippen molar-refractivity contribution in [1.82, 2.24) is 9.56 Å². The molecule has 9 nitrogen and oxygen atoms in total. The molecule has 0 aliphatic rings. The third-order valence-corrected chi connectivity index (χ3v) is 5.14. The molecule has 34 heavy (non-hydrogen) atoms. The van der Waals surface area contributed by atoms with Gasteiger partial charge in [-0.3, -0.25) is 9.59 Å². The van der Waals surface area contributed by atoms with Gasteiger partial charge in [-0.2, -0.15) is 0 Å². The predicted molar refractivity (Wildman–Crippen MR) is 124 cm³/mol. The number of hydrogen-bond acceptors (Lipinski definition) is 7. The maximum absolute atomic E-state index is 12.7. The fraction of sp³-hybridized carbons (Fsp3) is 0.167. The zero-order valence-corrected chi connectivity index (χ0v) is 19.1. The van der Waals surface area contributed by atoms with Crippen LogP contribution in [-0.2, 0) is 16.1 Å². The summed E-state index contributed by atoms with van der Waals surface area (Å²) in [6, 6.07) is 14.4. The standard InChI is InChI=1S/C24H20ClN3O6/c1-14-10-21-26-17(11-23(30)28(21)34-14)12-33-24(31)19-4-3-5-20(15(19)2)27-22(29)13-32-18-8-6-16(25)7-9-18/h3-11H,12-13H2,1-2H3,(H,27,29). The van der Waals surface area contributed by atoms with E-state index in [1.807, 2.05) is 0 Å². The summed E-state index contributed by atoms with van der Waals surface area (Å²) < 4.78 is 17.1. The van der Waals surface area contributed by atoms with E-state index in [0.717, 1.165) is 4.57 Å². The first-order chi connectivity index (χ1) is 16.3. The number of halogens is 1. The molecule has 4 rings (SSSR count). The normalized spacial score (nSPS) is 10.8. The quantitative estimate of drug-likeness (QED) is 0.398. The van der Waals surface area contributed by atoms with E-state index in [0.29, 0.717) is 39.1 Å². The number of nitrogens with one attached hydrogen (secondary N) is 1. The van der Waals surface area contributed by atoms with E-state index in [4.69, 9.17) is 25.6 Å². The molecule has 0 saturated carbocycles. The van der Waals surface area contributed by atoms with Crippen molar-refractivity contribution >= 4 is 34.8 Å². The van der Waals surface area contributed by atoms with Crippen LogP contribution in [0, 0.1) is 13.8 Å². The zero-order valence-electron chi connectivity index (χ0n) is 18.3. The molecule has 0 bridgehead atoms.